The molecule has 43 heavy (non-hydrogen) atoms. The maximum absolute atomic E-state index is 11.9. The van der Waals surface area contributed by atoms with Crippen molar-refractivity contribution in [3.63, 3.8) is 0 Å². The van der Waals surface area contributed by atoms with E-state index in [4.69, 9.17) is 19.9 Å². The summed E-state index contributed by atoms with van der Waals surface area (Å²) in [4.78, 5) is 32.0. The Labute approximate surface area is 261 Å². The van der Waals surface area contributed by atoms with E-state index in [1.54, 1.807) is 66.3 Å². The number of carbonyl (C=O) groups is 2. The van der Waals surface area contributed by atoms with Crippen LogP contribution < -0.4 is 15.2 Å². The fourth-order valence-corrected chi connectivity index (χ4v) is 5.19. The number of primary amides is 1. The molecule has 0 atom stereocenters. The van der Waals surface area contributed by atoms with E-state index in [9.17, 15) is 9.59 Å². The first-order valence-corrected chi connectivity index (χ1v) is 14.1. The lowest BCUT2D eigenvalue weighted by Gasteiger charge is -2.06. The van der Waals surface area contributed by atoms with Crippen molar-refractivity contribution in [2.75, 3.05) is 21.3 Å². The predicted molar refractivity (Wildman–Crippen MR) is 166 cm³/mol. The lowest BCUT2D eigenvalue weighted by atomic mass is 10.2. The van der Waals surface area contributed by atoms with Crippen molar-refractivity contribution in [2.24, 2.45) is 5.73 Å². The van der Waals surface area contributed by atoms with Crippen molar-refractivity contribution in [2.45, 2.75) is 0 Å². The summed E-state index contributed by atoms with van der Waals surface area (Å²) >= 11 is 6.85. The van der Waals surface area contributed by atoms with E-state index >= 15 is 0 Å². The number of ether oxygens (including phenoxy) is 3. The van der Waals surface area contributed by atoms with E-state index < -0.39 is 11.9 Å². The molecule has 12 nitrogen and oxygen atoms in total. The van der Waals surface area contributed by atoms with Crippen LogP contribution in [0.3, 0.4) is 0 Å². The van der Waals surface area contributed by atoms with Crippen molar-refractivity contribution in [1.29, 1.82) is 0 Å². The lowest BCUT2D eigenvalue weighted by molar-refractivity contribution is 0.0595. The summed E-state index contributed by atoms with van der Waals surface area (Å²) in [6.45, 7) is 0. The Bertz CT molecular complexity index is 1990. The molecule has 0 bridgehead atoms. The minimum Gasteiger partial charge on any atom is -0.497 e. The first-order valence-electron chi connectivity index (χ1n) is 12.5. The van der Waals surface area contributed by atoms with Gasteiger partial charge in [-0.15, -0.1) is 0 Å². The van der Waals surface area contributed by atoms with E-state index in [0.717, 1.165) is 20.3 Å². The lowest BCUT2D eigenvalue weighted by Crippen LogP contribution is -2.12. The summed E-state index contributed by atoms with van der Waals surface area (Å²) in [5, 5.41) is 9.88. The largest absolute Gasteiger partial charge is 0.497 e. The third-order valence-electron chi connectivity index (χ3n) is 6.17. The first-order chi connectivity index (χ1) is 20.7. The van der Waals surface area contributed by atoms with Gasteiger partial charge in [0.25, 0.3) is 5.91 Å². The molecule has 0 aliphatic heterocycles. The molecule has 0 spiro atoms. The molecule has 0 saturated carbocycles. The second kappa shape index (κ2) is 12.6. The molecule has 6 aromatic rings. The highest BCUT2D eigenvalue weighted by molar-refractivity contribution is 9.10. The minimum atomic E-state index is -0.589. The van der Waals surface area contributed by atoms with Gasteiger partial charge in [-0.1, -0.05) is 31.9 Å². The van der Waals surface area contributed by atoms with Crippen LogP contribution in [0.15, 0.2) is 82.0 Å². The number of nitrogens with zero attached hydrogens (tertiary/aromatic N) is 6. The number of amides is 1. The van der Waals surface area contributed by atoms with Gasteiger partial charge in [0.05, 0.1) is 43.5 Å². The number of hydrogen-bond donors (Lipinski definition) is 1. The average molecular weight is 709 g/mol. The molecule has 14 heteroatoms. The number of hydrogen-bond acceptors (Lipinski definition) is 9. The van der Waals surface area contributed by atoms with Gasteiger partial charge >= 0.3 is 5.97 Å². The van der Waals surface area contributed by atoms with Crippen molar-refractivity contribution >= 4 is 65.8 Å². The van der Waals surface area contributed by atoms with Crippen LogP contribution >= 0.6 is 31.9 Å². The normalized spacial score (nSPS) is 10.7. The monoisotopic (exact) mass is 707 g/mol. The van der Waals surface area contributed by atoms with Crippen LogP contribution in [0, 0.1) is 0 Å². The molecule has 0 fully saturated rings. The molecule has 218 valence electrons. The quantitative estimate of drug-likeness (QED) is 0.229. The molecule has 1 amide bonds. The summed E-state index contributed by atoms with van der Waals surface area (Å²) in [5.41, 5.74) is 8.38. The van der Waals surface area contributed by atoms with E-state index in [0.29, 0.717) is 33.6 Å². The Morgan fingerprint density at radius 1 is 0.721 bits per heavy atom. The average Bonchev–Trinajstić information content (AvgIpc) is 3.60. The van der Waals surface area contributed by atoms with E-state index in [1.165, 1.54) is 7.11 Å². The molecule has 0 aliphatic carbocycles. The van der Waals surface area contributed by atoms with Crippen molar-refractivity contribution in [3.8, 4) is 22.9 Å². The van der Waals surface area contributed by atoms with Gasteiger partial charge in [0.2, 0.25) is 0 Å². The molecule has 0 saturated heterocycles. The number of esters is 1. The molecular formula is C29H23Br2N7O5. The Kier molecular flexibility index (Phi) is 8.68. The van der Waals surface area contributed by atoms with Crippen LogP contribution in [0.1, 0.15) is 21.0 Å². The smallest absolute Gasteiger partial charge is 0.359 e. The van der Waals surface area contributed by atoms with Gasteiger partial charge in [-0.25, -0.2) is 24.1 Å². The van der Waals surface area contributed by atoms with Crippen LogP contribution in [0.25, 0.3) is 33.4 Å². The first kappa shape index (κ1) is 29.7. The summed E-state index contributed by atoms with van der Waals surface area (Å²) in [6, 6.07) is 18.0. The van der Waals surface area contributed by atoms with Gasteiger partial charge in [-0.2, -0.15) is 10.2 Å². The number of methoxy groups -OCH3 is 3. The summed E-state index contributed by atoms with van der Waals surface area (Å²) in [7, 11) is 4.50. The number of rotatable bonds is 6. The minimum absolute atomic E-state index is 0.192. The van der Waals surface area contributed by atoms with Crippen LogP contribution in [0.5, 0.6) is 11.5 Å². The third kappa shape index (κ3) is 6.05. The topological polar surface area (TPSA) is 149 Å². The SMILES string of the molecule is COC(=O)c1nn(-c2cc(Br)cc(OC)c2)c2ncccc12.COc1cc(Br)cc(-n2nc(C(N)=O)c3cccnc32)c1. The molecule has 6 rings (SSSR count). The maximum atomic E-state index is 11.9. The molecule has 2 aromatic carbocycles. The fourth-order valence-electron chi connectivity index (χ4n) is 4.27. The summed E-state index contributed by atoms with van der Waals surface area (Å²) < 4.78 is 20.1. The predicted octanol–water partition coefficient (Wildman–Crippen LogP) is 5.27. The number of aromatic nitrogens is 6. The number of halogens is 2. The van der Waals surface area contributed by atoms with Gasteiger partial charge in [0.15, 0.2) is 22.7 Å². The van der Waals surface area contributed by atoms with Gasteiger partial charge in [-0.05, 0) is 48.5 Å². The Morgan fingerprint density at radius 2 is 1.19 bits per heavy atom. The number of fused-ring (bicyclic) bond motifs is 2. The molecule has 0 radical (unpaired) electrons. The van der Waals surface area contributed by atoms with E-state index in [1.807, 2.05) is 30.3 Å². The fraction of sp³-hybridized carbons (Fsp3) is 0.103. The zero-order chi connectivity index (χ0) is 30.7. The number of pyridine rings is 2. The maximum Gasteiger partial charge on any atom is 0.359 e. The zero-order valence-corrected chi connectivity index (χ0v) is 26.2. The zero-order valence-electron chi connectivity index (χ0n) is 23.0. The van der Waals surface area contributed by atoms with Gasteiger partial charge < -0.3 is 19.9 Å². The van der Waals surface area contributed by atoms with Crippen molar-refractivity contribution in [1.82, 2.24) is 29.5 Å². The highest BCUT2D eigenvalue weighted by Crippen LogP contribution is 2.28. The van der Waals surface area contributed by atoms with E-state index in [-0.39, 0.29) is 11.4 Å². The second-order valence-corrected chi connectivity index (χ2v) is 10.7. The molecule has 4 aromatic heterocycles. The van der Waals surface area contributed by atoms with Crippen molar-refractivity contribution < 1.29 is 23.8 Å². The molecule has 4 heterocycles. The van der Waals surface area contributed by atoms with Crippen molar-refractivity contribution in [3.05, 3.63) is 93.4 Å². The summed E-state index contributed by atoms with van der Waals surface area (Å²) in [6.07, 6.45) is 3.29. The van der Waals surface area contributed by atoms with Crippen LogP contribution in [0.2, 0.25) is 0 Å². The summed E-state index contributed by atoms with van der Waals surface area (Å²) in [5.74, 6) is 0.246. The number of carbonyl (C=O) groups excluding carboxylic acids is 2. The molecular weight excluding hydrogens is 686 g/mol. The third-order valence-corrected chi connectivity index (χ3v) is 7.09. The van der Waals surface area contributed by atoms with Gasteiger partial charge in [-0.3, -0.25) is 4.79 Å². The van der Waals surface area contributed by atoms with Crippen LogP contribution in [0.4, 0.5) is 0 Å². The number of benzene rings is 2. The van der Waals surface area contributed by atoms with Gasteiger partial charge in [0.1, 0.15) is 11.5 Å². The molecule has 0 unspecified atom stereocenters. The highest BCUT2D eigenvalue weighted by Gasteiger charge is 2.20. The number of nitrogens with two attached hydrogens (primary N) is 1. The molecule has 0 aliphatic rings. The Balaban J connectivity index is 0.000000171. The van der Waals surface area contributed by atoms with Crippen LogP contribution in [-0.4, -0.2) is 62.7 Å². The standard InChI is InChI=1S/C15H12BrN3O3.C14H11BrN4O2/c1-21-11-7-9(16)6-10(8-11)19-14-12(4-3-5-17-14)13(18-19)15(20)22-2;1-21-10-6-8(15)5-9(7-10)19-14-11(3-2-4-17-14)12(18-19)13(16)20/h3-8H,1-2H3;2-7H,1H3,(H2,16,20). The Hall–Kier alpha value is -4.82. The van der Waals surface area contributed by atoms with Gasteiger partial charge in [0, 0.05) is 33.5 Å². The second-order valence-electron chi connectivity index (χ2n) is 8.82. The molecule has 2 N–H and O–H groups in total. The van der Waals surface area contributed by atoms with Crippen LogP contribution in [-0.2, 0) is 4.74 Å². The highest BCUT2D eigenvalue weighted by atomic mass is 79.9. The van der Waals surface area contributed by atoms with E-state index in [2.05, 4.69) is 52.0 Å². The Morgan fingerprint density at radius 3 is 1.63 bits per heavy atom.